The predicted octanol–water partition coefficient (Wildman–Crippen LogP) is 4.35. The third-order valence-corrected chi connectivity index (χ3v) is 5.71. The quantitative estimate of drug-likeness (QED) is 0.359. The van der Waals surface area contributed by atoms with Crippen molar-refractivity contribution in [1.29, 1.82) is 0 Å². The van der Waals surface area contributed by atoms with E-state index in [1.807, 2.05) is 19.1 Å². The molecule has 0 fully saturated rings. The number of methoxy groups -OCH3 is 1. The first kappa shape index (κ1) is 22.6. The van der Waals surface area contributed by atoms with Gasteiger partial charge in [0.25, 0.3) is 0 Å². The average molecular weight is 460 g/mol. The summed E-state index contributed by atoms with van der Waals surface area (Å²) < 4.78 is 4.62. The number of carbonyl (C=O) groups is 2. The lowest BCUT2D eigenvalue weighted by atomic mass is 10.0. The fraction of sp³-hybridized carbons (Fsp3) is 0.286. The summed E-state index contributed by atoms with van der Waals surface area (Å²) in [5.41, 5.74) is 1.80. The van der Waals surface area contributed by atoms with E-state index in [1.165, 1.54) is 18.4 Å². The Hall–Kier alpha value is -3.04. The molecule has 162 valence electrons. The highest BCUT2D eigenvalue weighted by Crippen LogP contribution is 2.26. The van der Waals surface area contributed by atoms with Gasteiger partial charge in [0, 0.05) is 24.1 Å². The lowest BCUT2D eigenvalue weighted by molar-refractivity contribution is -0.140. The second-order valence-corrected chi connectivity index (χ2v) is 8.17. The molecule has 8 nitrogen and oxygen atoms in total. The van der Waals surface area contributed by atoms with Crippen molar-refractivity contribution in [1.82, 2.24) is 15.0 Å². The number of Topliss-reactive ketones (excluding diaryl/α,β-unsaturated/α-hetero) is 1. The molecule has 3 rings (SSSR count). The Labute approximate surface area is 189 Å². The van der Waals surface area contributed by atoms with Gasteiger partial charge in [-0.2, -0.15) is 0 Å². The highest BCUT2D eigenvalue weighted by molar-refractivity contribution is 7.17. The van der Waals surface area contributed by atoms with E-state index in [0.29, 0.717) is 39.0 Å². The van der Waals surface area contributed by atoms with Crippen LogP contribution in [-0.4, -0.2) is 40.4 Å². The van der Waals surface area contributed by atoms with Crippen LogP contribution in [0.2, 0.25) is 5.02 Å². The monoisotopic (exact) mass is 459 g/mol. The highest BCUT2D eigenvalue weighted by Gasteiger charge is 2.15. The molecular formula is C21H22ClN5O3S. The molecule has 0 saturated heterocycles. The third-order valence-electron chi connectivity index (χ3n) is 4.41. The molecule has 0 saturated carbocycles. The van der Waals surface area contributed by atoms with Crippen LogP contribution in [-0.2, 0) is 16.0 Å². The summed E-state index contributed by atoms with van der Waals surface area (Å²) in [5, 5.41) is 7.29. The van der Waals surface area contributed by atoms with E-state index in [9.17, 15) is 9.59 Å². The van der Waals surface area contributed by atoms with Crippen LogP contribution in [0.3, 0.4) is 0 Å². The number of nitrogens with zero attached hydrogens (tertiary/aromatic N) is 3. The summed E-state index contributed by atoms with van der Waals surface area (Å²) in [4.78, 5) is 37.4. The standard InChI is InChI=1S/C21H22ClN5O3S/c1-12-5-4-6-15(22)14(12)9-16(28)17-11-24-21(31-17)27-19-10-18(25-13(2)26-19)23-8-7-20(29)30-3/h4-6,10-11H,7-9H2,1-3H3,(H2,23,24,25,26,27). The number of thiazole rings is 1. The summed E-state index contributed by atoms with van der Waals surface area (Å²) in [6.07, 6.45) is 1.99. The summed E-state index contributed by atoms with van der Waals surface area (Å²) >= 11 is 7.49. The number of halogens is 1. The van der Waals surface area contributed by atoms with E-state index >= 15 is 0 Å². The van der Waals surface area contributed by atoms with Crippen LogP contribution in [0.5, 0.6) is 0 Å². The number of benzene rings is 1. The van der Waals surface area contributed by atoms with Crippen LogP contribution in [0.25, 0.3) is 0 Å². The number of hydrogen-bond donors (Lipinski definition) is 2. The molecule has 2 aromatic heterocycles. The SMILES string of the molecule is COC(=O)CCNc1cc(Nc2ncc(C(=O)Cc3c(C)cccc3Cl)s2)nc(C)n1. The summed E-state index contributed by atoms with van der Waals surface area (Å²) in [5.74, 6) is 1.30. The predicted molar refractivity (Wildman–Crippen MR) is 122 cm³/mol. The highest BCUT2D eigenvalue weighted by atomic mass is 35.5. The lowest BCUT2D eigenvalue weighted by Crippen LogP contribution is -2.11. The number of hydrogen-bond acceptors (Lipinski definition) is 9. The molecule has 3 aromatic rings. The number of ketones is 1. The minimum Gasteiger partial charge on any atom is -0.469 e. The molecular weight excluding hydrogens is 438 g/mol. The van der Waals surface area contributed by atoms with Gasteiger partial charge in [0.05, 0.1) is 24.6 Å². The second kappa shape index (κ2) is 10.3. The Morgan fingerprint density at radius 1 is 1.19 bits per heavy atom. The summed E-state index contributed by atoms with van der Waals surface area (Å²) in [6, 6.07) is 7.29. The summed E-state index contributed by atoms with van der Waals surface area (Å²) in [7, 11) is 1.35. The number of nitrogens with one attached hydrogen (secondary N) is 2. The molecule has 31 heavy (non-hydrogen) atoms. The Kier molecular flexibility index (Phi) is 7.54. The zero-order chi connectivity index (χ0) is 22.4. The van der Waals surface area contributed by atoms with E-state index < -0.39 is 0 Å². The number of anilines is 3. The second-order valence-electron chi connectivity index (χ2n) is 6.73. The average Bonchev–Trinajstić information content (AvgIpc) is 3.18. The van der Waals surface area contributed by atoms with Crippen LogP contribution >= 0.6 is 22.9 Å². The largest absolute Gasteiger partial charge is 0.469 e. The van der Waals surface area contributed by atoms with Crippen molar-refractivity contribution in [2.45, 2.75) is 26.7 Å². The smallest absolute Gasteiger partial charge is 0.307 e. The molecule has 1 aromatic carbocycles. The number of esters is 1. The van der Waals surface area contributed by atoms with Crippen molar-refractivity contribution < 1.29 is 14.3 Å². The van der Waals surface area contributed by atoms with Gasteiger partial charge in [-0.05, 0) is 31.0 Å². The molecule has 0 bridgehead atoms. The van der Waals surface area contributed by atoms with Crippen molar-refractivity contribution in [3.05, 3.63) is 57.3 Å². The molecule has 0 radical (unpaired) electrons. The molecule has 10 heteroatoms. The zero-order valence-electron chi connectivity index (χ0n) is 17.4. The molecule has 0 amide bonds. The number of ether oxygens (including phenoxy) is 1. The number of aryl methyl sites for hydroxylation is 2. The van der Waals surface area contributed by atoms with Gasteiger partial charge < -0.3 is 15.4 Å². The molecule has 0 unspecified atom stereocenters. The molecule has 0 aliphatic rings. The molecule has 0 aliphatic heterocycles. The minimum absolute atomic E-state index is 0.0502. The van der Waals surface area contributed by atoms with Crippen LogP contribution in [0.1, 0.15) is 33.0 Å². The van der Waals surface area contributed by atoms with E-state index in [0.717, 1.165) is 11.1 Å². The van der Waals surface area contributed by atoms with Gasteiger partial charge in [-0.1, -0.05) is 35.1 Å². The van der Waals surface area contributed by atoms with E-state index in [1.54, 1.807) is 25.3 Å². The maximum Gasteiger partial charge on any atom is 0.307 e. The van der Waals surface area contributed by atoms with Crippen molar-refractivity contribution in [3.63, 3.8) is 0 Å². The summed E-state index contributed by atoms with van der Waals surface area (Å²) in [6.45, 7) is 4.09. The first-order valence-electron chi connectivity index (χ1n) is 9.52. The Morgan fingerprint density at radius 2 is 1.97 bits per heavy atom. The van der Waals surface area contributed by atoms with Crippen LogP contribution in [0.4, 0.5) is 16.8 Å². The molecule has 2 N–H and O–H groups in total. The number of rotatable bonds is 9. The van der Waals surface area contributed by atoms with E-state index in [2.05, 4.69) is 30.3 Å². The Morgan fingerprint density at radius 3 is 2.71 bits per heavy atom. The van der Waals surface area contributed by atoms with Crippen molar-refractivity contribution >= 4 is 51.5 Å². The van der Waals surface area contributed by atoms with Crippen LogP contribution in [0, 0.1) is 13.8 Å². The van der Waals surface area contributed by atoms with Crippen molar-refractivity contribution in [2.75, 3.05) is 24.3 Å². The zero-order valence-corrected chi connectivity index (χ0v) is 18.9. The van der Waals surface area contributed by atoms with E-state index in [4.69, 9.17) is 11.6 Å². The maximum atomic E-state index is 12.7. The van der Waals surface area contributed by atoms with Gasteiger partial charge in [0.15, 0.2) is 10.9 Å². The first-order chi connectivity index (χ1) is 14.9. The topological polar surface area (TPSA) is 106 Å². The molecule has 2 heterocycles. The fourth-order valence-electron chi connectivity index (χ4n) is 2.83. The molecule has 0 spiro atoms. The maximum absolute atomic E-state index is 12.7. The molecule has 0 atom stereocenters. The van der Waals surface area contributed by atoms with Gasteiger partial charge in [-0.15, -0.1) is 0 Å². The normalized spacial score (nSPS) is 10.6. The van der Waals surface area contributed by atoms with Crippen LogP contribution < -0.4 is 10.6 Å². The number of carbonyl (C=O) groups excluding carboxylic acids is 2. The van der Waals surface area contributed by atoms with Gasteiger partial charge in [0.2, 0.25) is 0 Å². The Balaban J connectivity index is 1.66. The van der Waals surface area contributed by atoms with E-state index in [-0.39, 0.29) is 24.6 Å². The first-order valence-corrected chi connectivity index (χ1v) is 10.7. The molecule has 0 aliphatic carbocycles. The van der Waals surface area contributed by atoms with Crippen LogP contribution in [0.15, 0.2) is 30.5 Å². The third kappa shape index (κ3) is 6.22. The van der Waals surface area contributed by atoms with Crippen molar-refractivity contribution in [2.24, 2.45) is 0 Å². The lowest BCUT2D eigenvalue weighted by Gasteiger charge is -2.08. The van der Waals surface area contributed by atoms with Gasteiger partial charge in [0.1, 0.15) is 17.5 Å². The van der Waals surface area contributed by atoms with Gasteiger partial charge >= 0.3 is 5.97 Å². The minimum atomic E-state index is -0.302. The fourth-order valence-corrected chi connectivity index (χ4v) is 3.87. The van der Waals surface area contributed by atoms with Crippen molar-refractivity contribution in [3.8, 4) is 0 Å². The number of aromatic nitrogens is 3. The van der Waals surface area contributed by atoms with Gasteiger partial charge in [-0.3, -0.25) is 9.59 Å². The Bertz CT molecular complexity index is 1080. The van der Waals surface area contributed by atoms with Gasteiger partial charge in [-0.25, -0.2) is 15.0 Å².